The first-order valence-corrected chi connectivity index (χ1v) is 13.5. The molecule has 2 amide bonds. The van der Waals surface area contributed by atoms with Crippen LogP contribution in [0.5, 0.6) is 0 Å². The first kappa shape index (κ1) is 30.8. The van der Waals surface area contributed by atoms with Gasteiger partial charge in [-0.05, 0) is 42.0 Å². The third kappa shape index (κ3) is 8.91. The molecule has 8 N–H and O–H groups in total. The normalized spacial score (nSPS) is 12.2. The zero-order valence-corrected chi connectivity index (χ0v) is 23.2. The topological polar surface area (TPSA) is 175 Å². The number of ether oxygens (including phenoxy) is 1. The molecule has 0 heterocycles. The molecular formula is C31H38N6O4. The lowest BCUT2D eigenvalue weighted by Gasteiger charge is -2.31. The molecule has 3 aromatic rings. The van der Waals surface area contributed by atoms with E-state index in [1.54, 1.807) is 6.92 Å². The summed E-state index contributed by atoms with van der Waals surface area (Å²) in [5.41, 5.74) is 18.9. The van der Waals surface area contributed by atoms with Gasteiger partial charge in [0.2, 0.25) is 5.91 Å². The van der Waals surface area contributed by atoms with Crippen molar-refractivity contribution in [2.45, 2.75) is 44.3 Å². The van der Waals surface area contributed by atoms with E-state index in [4.69, 9.17) is 21.9 Å². The first-order chi connectivity index (χ1) is 19.7. The van der Waals surface area contributed by atoms with Gasteiger partial charge in [-0.2, -0.15) is 0 Å². The number of ketones is 1. The summed E-state index contributed by atoms with van der Waals surface area (Å²) < 4.78 is 4.87. The Morgan fingerprint density at radius 2 is 1.34 bits per heavy atom. The number of nitrogens with zero attached hydrogens (tertiary/aromatic N) is 1. The maximum Gasteiger partial charge on any atom is 0.407 e. The van der Waals surface area contributed by atoms with E-state index >= 15 is 0 Å². The number of hydrogen-bond acceptors (Lipinski definition) is 6. The van der Waals surface area contributed by atoms with Crippen LogP contribution in [-0.4, -0.2) is 42.4 Å². The minimum Gasteiger partial charge on any atom is -0.450 e. The molecule has 0 saturated heterocycles. The smallest absolute Gasteiger partial charge is 0.407 e. The molecule has 0 aliphatic rings. The molecule has 0 bridgehead atoms. The SMILES string of the molecule is CCOC(=O)NCc1ccc(CNC(=O)[C@@](N)(CCCN=C(N)N)C(=O)C(c2ccccc2)c2ccccc2)cc1. The van der Waals surface area contributed by atoms with Crippen LogP contribution in [0.15, 0.2) is 89.9 Å². The van der Waals surface area contributed by atoms with Crippen LogP contribution < -0.4 is 27.8 Å². The van der Waals surface area contributed by atoms with Crippen molar-refractivity contribution in [3.8, 4) is 0 Å². The molecule has 3 rings (SSSR count). The highest BCUT2D eigenvalue weighted by Gasteiger charge is 2.45. The van der Waals surface area contributed by atoms with Crippen molar-refractivity contribution in [3.63, 3.8) is 0 Å². The lowest BCUT2D eigenvalue weighted by Crippen LogP contribution is -2.61. The molecule has 0 radical (unpaired) electrons. The highest BCUT2D eigenvalue weighted by Crippen LogP contribution is 2.31. The van der Waals surface area contributed by atoms with Crippen LogP contribution in [0.3, 0.4) is 0 Å². The summed E-state index contributed by atoms with van der Waals surface area (Å²) in [6.07, 6.45) is -0.119. The molecule has 0 spiro atoms. The van der Waals surface area contributed by atoms with Gasteiger partial charge in [-0.15, -0.1) is 0 Å². The summed E-state index contributed by atoms with van der Waals surface area (Å²) in [6.45, 7) is 2.72. The van der Waals surface area contributed by atoms with E-state index in [1.807, 2.05) is 84.9 Å². The highest BCUT2D eigenvalue weighted by atomic mass is 16.5. The van der Waals surface area contributed by atoms with Crippen molar-refractivity contribution in [2.75, 3.05) is 13.2 Å². The number of guanidine groups is 1. The fraction of sp³-hybridized carbons (Fsp3) is 0.290. The van der Waals surface area contributed by atoms with Crippen LogP contribution in [0.1, 0.15) is 47.9 Å². The summed E-state index contributed by atoms with van der Waals surface area (Å²) in [4.78, 5) is 43.4. The number of alkyl carbamates (subject to hydrolysis) is 1. The number of amides is 2. The number of Topliss-reactive ketones (excluding diaryl/α,β-unsaturated/α-hetero) is 1. The summed E-state index contributed by atoms with van der Waals surface area (Å²) in [5.74, 6) is -1.83. The number of hydrogen-bond donors (Lipinski definition) is 5. The van der Waals surface area contributed by atoms with Gasteiger partial charge in [0, 0.05) is 19.6 Å². The summed E-state index contributed by atoms with van der Waals surface area (Å²) >= 11 is 0. The van der Waals surface area contributed by atoms with Crippen molar-refractivity contribution in [3.05, 3.63) is 107 Å². The molecule has 0 saturated carbocycles. The van der Waals surface area contributed by atoms with Gasteiger partial charge < -0.3 is 32.6 Å². The van der Waals surface area contributed by atoms with E-state index < -0.39 is 29.2 Å². The van der Waals surface area contributed by atoms with Gasteiger partial charge in [0.1, 0.15) is 0 Å². The Bertz CT molecular complexity index is 1270. The fourth-order valence-electron chi connectivity index (χ4n) is 4.43. The Kier molecular flexibility index (Phi) is 11.4. The predicted molar refractivity (Wildman–Crippen MR) is 159 cm³/mol. The summed E-state index contributed by atoms with van der Waals surface area (Å²) in [5, 5.41) is 5.52. The second kappa shape index (κ2) is 15.2. The zero-order chi connectivity index (χ0) is 29.7. The van der Waals surface area contributed by atoms with Crippen LogP contribution in [0.2, 0.25) is 0 Å². The Balaban J connectivity index is 1.81. The quantitative estimate of drug-likeness (QED) is 0.0874. The van der Waals surface area contributed by atoms with Crippen molar-refractivity contribution >= 4 is 23.7 Å². The van der Waals surface area contributed by atoms with Crippen LogP contribution in [-0.2, 0) is 27.4 Å². The molecular weight excluding hydrogens is 520 g/mol. The third-order valence-corrected chi connectivity index (χ3v) is 6.58. The largest absolute Gasteiger partial charge is 0.450 e. The number of nitrogens with one attached hydrogen (secondary N) is 2. The molecule has 0 aromatic heterocycles. The zero-order valence-electron chi connectivity index (χ0n) is 23.2. The molecule has 0 unspecified atom stereocenters. The summed E-state index contributed by atoms with van der Waals surface area (Å²) in [7, 11) is 0. The fourth-order valence-corrected chi connectivity index (χ4v) is 4.43. The molecule has 0 aliphatic heterocycles. The Labute approximate surface area is 240 Å². The average Bonchev–Trinajstić information content (AvgIpc) is 2.98. The number of nitrogens with two attached hydrogens (primary N) is 3. The minimum atomic E-state index is -1.85. The molecule has 41 heavy (non-hydrogen) atoms. The van der Waals surface area contributed by atoms with E-state index in [1.165, 1.54) is 0 Å². The van der Waals surface area contributed by atoms with E-state index in [0.29, 0.717) is 19.6 Å². The van der Waals surface area contributed by atoms with Gasteiger partial charge in [0.15, 0.2) is 17.3 Å². The van der Waals surface area contributed by atoms with Gasteiger partial charge in [0.25, 0.3) is 0 Å². The molecule has 216 valence electrons. The maximum atomic E-state index is 14.2. The van der Waals surface area contributed by atoms with Crippen molar-refractivity contribution in [1.29, 1.82) is 0 Å². The molecule has 0 aliphatic carbocycles. The number of rotatable bonds is 14. The van der Waals surface area contributed by atoms with E-state index in [2.05, 4.69) is 15.6 Å². The van der Waals surface area contributed by atoms with Crippen LogP contribution in [0, 0.1) is 0 Å². The van der Waals surface area contributed by atoms with Crippen LogP contribution >= 0.6 is 0 Å². The van der Waals surface area contributed by atoms with Gasteiger partial charge in [-0.25, -0.2) is 4.79 Å². The van der Waals surface area contributed by atoms with Gasteiger partial charge in [-0.1, -0.05) is 84.9 Å². The Morgan fingerprint density at radius 1 is 0.829 bits per heavy atom. The third-order valence-electron chi connectivity index (χ3n) is 6.58. The first-order valence-electron chi connectivity index (χ1n) is 13.5. The van der Waals surface area contributed by atoms with E-state index in [-0.39, 0.29) is 25.5 Å². The average molecular weight is 559 g/mol. The maximum absolute atomic E-state index is 14.2. The predicted octanol–water partition coefficient (Wildman–Crippen LogP) is 2.70. The Morgan fingerprint density at radius 3 is 1.83 bits per heavy atom. The molecule has 1 atom stereocenters. The van der Waals surface area contributed by atoms with E-state index in [9.17, 15) is 14.4 Å². The van der Waals surface area contributed by atoms with Crippen LogP contribution in [0.4, 0.5) is 4.79 Å². The van der Waals surface area contributed by atoms with Crippen molar-refractivity contribution in [1.82, 2.24) is 10.6 Å². The minimum absolute atomic E-state index is 0.0447. The Hall–Kier alpha value is -4.70. The molecule has 3 aromatic carbocycles. The monoisotopic (exact) mass is 558 g/mol. The number of aliphatic imine (C=N–C) groups is 1. The lowest BCUT2D eigenvalue weighted by molar-refractivity contribution is -0.136. The van der Waals surface area contributed by atoms with E-state index in [0.717, 1.165) is 22.3 Å². The number of carbonyl (C=O) groups is 3. The second-order valence-electron chi connectivity index (χ2n) is 9.57. The van der Waals surface area contributed by atoms with Gasteiger partial charge in [-0.3, -0.25) is 14.6 Å². The second-order valence-corrected chi connectivity index (χ2v) is 9.57. The molecule has 10 nitrogen and oxygen atoms in total. The summed E-state index contributed by atoms with van der Waals surface area (Å²) in [6, 6.07) is 25.9. The molecule has 0 fully saturated rings. The standard InChI is InChI=1S/C31H38N6O4/c1-2-41-30(40)37-21-23-16-14-22(15-17-23)20-36-28(39)31(34,18-9-19-35-29(32)33)27(38)26(24-10-5-3-6-11-24)25-12-7-4-8-13-25/h3-8,10-17,26H,2,9,18-21,34H2,1H3,(H,36,39)(H,37,40)(H4,32,33,35)/t31-/m1/s1. The van der Waals surface area contributed by atoms with Crippen molar-refractivity contribution in [2.24, 2.45) is 22.2 Å². The van der Waals surface area contributed by atoms with Crippen LogP contribution in [0.25, 0.3) is 0 Å². The number of carbonyl (C=O) groups excluding carboxylic acids is 3. The van der Waals surface area contributed by atoms with Gasteiger partial charge >= 0.3 is 6.09 Å². The van der Waals surface area contributed by atoms with Crippen molar-refractivity contribution < 1.29 is 19.1 Å². The molecule has 10 heteroatoms. The van der Waals surface area contributed by atoms with Gasteiger partial charge in [0.05, 0.1) is 12.5 Å². The number of benzene rings is 3. The lowest BCUT2D eigenvalue weighted by atomic mass is 9.76. The highest BCUT2D eigenvalue weighted by molar-refractivity contribution is 6.13.